The van der Waals surface area contributed by atoms with Gasteiger partial charge in [0.15, 0.2) is 0 Å². The number of hydrogen-bond acceptors (Lipinski definition) is 3. The van der Waals surface area contributed by atoms with Gasteiger partial charge in [0.05, 0.1) is 22.9 Å². The van der Waals surface area contributed by atoms with E-state index in [9.17, 15) is 0 Å². The SMILES string of the molecule is CC(C)NCc1c(Br)cnn1CCN(C)C. The van der Waals surface area contributed by atoms with Crippen LogP contribution in [0.2, 0.25) is 0 Å². The lowest BCUT2D eigenvalue weighted by Gasteiger charge is -2.13. The molecule has 1 aromatic heterocycles. The molecule has 16 heavy (non-hydrogen) atoms. The van der Waals surface area contributed by atoms with E-state index in [-0.39, 0.29) is 0 Å². The van der Waals surface area contributed by atoms with Crippen LogP contribution in [0.4, 0.5) is 0 Å². The van der Waals surface area contributed by atoms with Crippen molar-refractivity contribution in [1.29, 1.82) is 0 Å². The summed E-state index contributed by atoms with van der Waals surface area (Å²) in [6.07, 6.45) is 1.87. The topological polar surface area (TPSA) is 33.1 Å². The molecule has 0 unspecified atom stereocenters. The van der Waals surface area contributed by atoms with E-state index in [0.29, 0.717) is 6.04 Å². The number of rotatable bonds is 6. The first-order valence-corrected chi connectivity index (χ1v) is 6.38. The van der Waals surface area contributed by atoms with Crippen LogP contribution in [-0.2, 0) is 13.1 Å². The molecule has 0 bridgehead atoms. The maximum Gasteiger partial charge on any atom is 0.0664 e. The summed E-state index contributed by atoms with van der Waals surface area (Å²) >= 11 is 3.54. The number of likely N-dealkylation sites (N-methyl/N-ethyl adjacent to an activating group) is 1. The second-order valence-electron chi connectivity index (χ2n) is 4.50. The van der Waals surface area contributed by atoms with Crippen molar-refractivity contribution in [2.75, 3.05) is 20.6 Å². The lowest BCUT2D eigenvalue weighted by atomic mass is 10.3. The van der Waals surface area contributed by atoms with Crippen molar-refractivity contribution in [3.8, 4) is 0 Å². The molecule has 0 radical (unpaired) electrons. The molecule has 0 fully saturated rings. The van der Waals surface area contributed by atoms with Gasteiger partial charge in [0.2, 0.25) is 0 Å². The van der Waals surface area contributed by atoms with E-state index in [2.05, 4.69) is 63.9 Å². The molecule has 1 aromatic rings. The number of aromatic nitrogens is 2. The van der Waals surface area contributed by atoms with Crippen LogP contribution in [0.3, 0.4) is 0 Å². The van der Waals surface area contributed by atoms with Crippen molar-refractivity contribution >= 4 is 15.9 Å². The van der Waals surface area contributed by atoms with Crippen LogP contribution < -0.4 is 5.32 Å². The zero-order chi connectivity index (χ0) is 12.1. The quantitative estimate of drug-likeness (QED) is 0.865. The maximum absolute atomic E-state index is 4.37. The van der Waals surface area contributed by atoms with Gasteiger partial charge in [0.1, 0.15) is 0 Å². The van der Waals surface area contributed by atoms with Gasteiger partial charge in [-0.1, -0.05) is 13.8 Å². The van der Waals surface area contributed by atoms with E-state index in [0.717, 1.165) is 24.1 Å². The first-order valence-electron chi connectivity index (χ1n) is 5.59. The van der Waals surface area contributed by atoms with Crippen LogP contribution in [-0.4, -0.2) is 41.4 Å². The molecule has 0 saturated heterocycles. The van der Waals surface area contributed by atoms with E-state index in [4.69, 9.17) is 0 Å². The number of halogens is 1. The molecule has 92 valence electrons. The Morgan fingerprint density at radius 2 is 2.19 bits per heavy atom. The van der Waals surface area contributed by atoms with Gasteiger partial charge in [-0.25, -0.2) is 0 Å². The van der Waals surface area contributed by atoms with E-state index in [1.54, 1.807) is 0 Å². The smallest absolute Gasteiger partial charge is 0.0664 e. The fourth-order valence-electron chi connectivity index (χ4n) is 1.35. The van der Waals surface area contributed by atoms with Gasteiger partial charge in [-0.05, 0) is 30.0 Å². The lowest BCUT2D eigenvalue weighted by molar-refractivity contribution is 0.367. The minimum Gasteiger partial charge on any atom is -0.309 e. The molecule has 0 saturated carbocycles. The van der Waals surface area contributed by atoms with Crippen molar-refractivity contribution in [3.63, 3.8) is 0 Å². The third kappa shape index (κ3) is 4.23. The van der Waals surface area contributed by atoms with Crippen molar-refractivity contribution < 1.29 is 0 Å². The second kappa shape index (κ2) is 6.37. The standard InChI is InChI=1S/C11H21BrN4/c1-9(2)13-8-11-10(12)7-14-16(11)6-5-15(3)4/h7,9,13H,5-6,8H2,1-4H3. The average Bonchev–Trinajstić information content (AvgIpc) is 2.53. The van der Waals surface area contributed by atoms with Gasteiger partial charge in [-0.3, -0.25) is 4.68 Å². The molecule has 1 N–H and O–H groups in total. The normalized spacial score (nSPS) is 11.7. The third-order valence-corrected chi connectivity index (χ3v) is 3.00. The molecule has 0 aliphatic rings. The molecular formula is C11H21BrN4. The first-order chi connectivity index (χ1) is 7.50. The van der Waals surface area contributed by atoms with Crippen LogP contribution in [0.25, 0.3) is 0 Å². The minimum absolute atomic E-state index is 0.490. The predicted octanol–water partition coefficient (Wildman–Crippen LogP) is 1.71. The summed E-state index contributed by atoms with van der Waals surface area (Å²) in [6, 6.07) is 0.490. The summed E-state index contributed by atoms with van der Waals surface area (Å²) in [5.74, 6) is 0. The summed E-state index contributed by atoms with van der Waals surface area (Å²) < 4.78 is 3.14. The molecule has 1 rings (SSSR count). The average molecular weight is 289 g/mol. The van der Waals surface area contributed by atoms with Crippen LogP contribution in [0.1, 0.15) is 19.5 Å². The second-order valence-corrected chi connectivity index (χ2v) is 5.36. The van der Waals surface area contributed by atoms with E-state index in [1.807, 2.05) is 6.20 Å². The Kier molecular flexibility index (Phi) is 5.44. The van der Waals surface area contributed by atoms with Crippen LogP contribution >= 0.6 is 15.9 Å². The molecule has 0 amide bonds. The van der Waals surface area contributed by atoms with Crippen LogP contribution in [0.15, 0.2) is 10.7 Å². The minimum atomic E-state index is 0.490. The monoisotopic (exact) mass is 288 g/mol. The molecule has 0 atom stereocenters. The third-order valence-electron chi connectivity index (χ3n) is 2.33. The molecular weight excluding hydrogens is 268 g/mol. The highest BCUT2D eigenvalue weighted by Gasteiger charge is 2.08. The van der Waals surface area contributed by atoms with Gasteiger partial charge >= 0.3 is 0 Å². The van der Waals surface area contributed by atoms with E-state index >= 15 is 0 Å². The highest BCUT2D eigenvalue weighted by atomic mass is 79.9. The lowest BCUT2D eigenvalue weighted by Crippen LogP contribution is -2.26. The highest BCUT2D eigenvalue weighted by Crippen LogP contribution is 2.15. The number of nitrogens with zero attached hydrogens (tertiary/aromatic N) is 3. The molecule has 0 aliphatic heterocycles. The summed E-state index contributed by atoms with van der Waals surface area (Å²) in [6.45, 7) is 7.07. The van der Waals surface area contributed by atoms with Crippen LogP contribution in [0.5, 0.6) is 0 Å². The van der Waals surface area contributed by atoms with Gasteiger partial charge < -0.3 is 10.2 Å². The van der Waals surface area contributed by atoms with Gasteiger partial charge in [-0.2, -0.15) is 5.10 Å². The fourth-order valence-corrected chi connectivity index (χ4v) is 1.79. The molecule has 5 heteroatoms. The van der Waals surface area contributed by atoms with Gasteiger partial charge in [-0.15, -0.1) is 0 Å². The molecule has 0 spiro atoms. The number of hydrogen-bond donors (Lipinski definition) is 1. The van der Waals surface area contributed by atoms with E-state index < -0.39 is 0 Å². The van der Waals surface area contributed by atoms with Crippen molar-refractivity contribution in [1.82, 2.24) is 20.0 Å². The Morgan fingerprint density at radius 3 is 2.75 bits per heavy atom. The molecule has 1 heterocycles. The Hall–Kier alpha value is -0.390. The van der Waals surface area contributed by atoms with Crippen molar-refractivity contribution in [2.45, 2.75) is 33.0 Å². The summed E-state index contributed by atoms with van der Waals surface area (Å²) in [7, 11) is 4.15. The van der Waals surface area contributed by atoms with Crippen molar-refractivity contribution in [3.05, 3.63) is 16.4 Å². The largest absolute Gasteiger partial charge is 0.309 e. The Balaban J connectivity index is 2.62. The zero-order valence-corrected chi connectivity index (χ0v) is 12.1. The fraction of sp³-hybridized carbons (Fsp3) is 0.727. The van der Waals surface area contributed by atoms with E-state index in [1.165, 1.54) is 5.69 Å². The van der Waals surface area contributed by atoms with Crippen molar-refractivity contribution in [2.24, 2.45) is 0 Å². The van der Waals surface area contributed by atoms with Crippen LogP contribution in [0, 0.1) is 0 Å². The zero-order valence-electron chi connectivity index (χ0n) is 10.5. The summed E-state index contributed by atoms with van der Waals surface area (Å²) in [4.78, 5) is 2.16. The predicted molar refractivity (Wildman–Crippen MR) is 70.5 cm³/mol. The molecule has 4 nitrogen and oxygen atoms in total. The maximum atomic E-state index is 4.37. The highest BCUT2D eigenvalue weighted by molar-refractivity contribution is 9.10. The Labute approximate surface area is 106 Å². The number of nitrogens with one attached hydrogen (secondary N) is 1. The summed E-state index contributed by atoms with van der Waals surface area (Å²) in [5, 5.41) is 7.78. The molecule has 0 aromatic carbocycles. The molecule has 0 aliphatic carbocycles. The first kappa shape index (κ1) is 13.7. The van der Waals surface area contributed by atoms with Gasteiger partial charge in [0.25, 0.3) is 0 Å². The van der Waals surface area contributed by atoms with Gasteiger partial charge in [0, 0.05) is 19.1 Å². The Bertz CT molecular complexity index is 320. The summed E-state index contributed by atoms with van der Waals surface area (Å²) in [5.41, 5.74) is 1.22. The Morgan fingerprint density at radius 1 is 1.50 bits per heavy atom.